The number of nitrogens with two attached hydrogens (primary N) is 2. The Labute approximate surface area is 250 Å². The van der Waals surface area contributed by atoms with Crippen LogP contribution in [0.2, 0.25) is 0 Å². The molecule has 24 heteroatoms. The number of aliphatic hydroxyl groups is 1. The van der Waals surface area contributed by atoms with E-state index in [0.29, 0.717) is 0 Å². The molecule has 2 aliphatic rings. The number of nitrogens with zero attached hydrogens (tertiary/aromatic N) is 7. The van der Waals surface area contributed by atoms with Gasteiger partial charge in [0.25, 0.3) is 5.56 Å². The van der Waals surface area contributed by atoms with Gasteiger partial charge in [0.2, 0.25) is 18.3 Å². The van der Waals surface area contributed by atoms with Gasteiger partial charge in [0, 0.05) is 6.42 Å². The first-order valence-electron chi connectivity index (χ1n) is 12.8. The van der Waals surface area contributed by atoms with Crippen molar-refractivity contribution in [1.82, 2.24) is 39.0 Å². The molecule has 4 aromatic heterocycles. The number of phosphoric acid groups is 1. The summed E-state index contributed by atoms with van der Waals surface area (Å²) >= 11 is 0. The number of hydrogen-bond donors (Lipinski definition) is 6. The maximum atomic E-state index is 15.7. The van der Waals surface area contributed by atoms with Crippen molar-refractivity contribution in [2.45, 2.75) is 37.3 Å². The Morgan fingerprint density at radius 2 is 1.89 bits per heavy atom. The monoisotopic (exact) mass is 673 g/mol. The molecule has 21 nitrogen and oxygen atoms in total. The molecule has 6 rings (SSSR count). The number of fused-ring (bicyclic) bond motifs is 2. The van der Waals surface area contributed by atoms with E-state index >= 15 is 4.39 Å². The molecule has 0 saturated carbocycles. The van der Waals surface area contributed by atoms with Gasteiger partial charge in [0.05, 0.1) is 19.0 Å². The van der Waals surface area contributed by atoms with E-state index in [2.05, 4.69) is 29.9 Å². The Bertz CT molecular complexity index is 1920. The van der Waals surface area contributed by atoms with Crippen molar-refractivity contribution in [3.05, 3.63) is 40.9 Å². The first-order chi connectivity index (χ1) is 21.5. The molecule has 45 heavy (non-hydrogen) atoms. The topological polar surface area (TPSA) is 300 Å². The van der Waals surface area contributed by atoms with E-state index in [4.69, 9.17) is 34.7 Å². The zero-order chi connectivity index (χ0) is 32.0. The lowest BCUT2D eigenvalue weighted by atomic mass is 10.2. The Balaban J connectivity index is 1.22. The van der Waals surface area contributed by atoms with Crippen LogP contribution in [0.15, 0.2) is 35.3 Å². The SMILES string of the molecule is Nc1nc2c(ncn2C2OC(CO)CC2OP(=O)(O)OCC2=C(OC[P+](=O)O)C(F)C(n3cnc4c(N)ncnc43)O2)c(=O)[nH]1. The molecule has 240 valence electrons. The number of phosphoric ester groups is 1. The number of aliphatic hydroxyl groups excluding tert-OH is 1. The van der Waals surface area contributed by atoms with Crippen molar-refractivity contribution >= 4 is 49.9 Å². The minimum atomic E-state index is -5.02. The van der Waals surface area contributed by atoms with Gasteiger partial charge in [0.15, 0.2) is 40.4 Å². The third kappa shape index (κ3) is 5.97. The second kappa shape index (κ2) is 12.0. The van der Waals surface area contributed by atoms with Crippen LogP contribution in [0.4, 0.5) is 16.2 Å². The minimum absolute atomic E-state index is 0.0168. The van der Waals surface area contributed by atoms with Crippen molar-refractivity contribution < 1.29 is 51.7 Å². The Hall–Kier alpha value is -4.14. The number of ether oxygens (including phenoxy) is 3. The molecule has 0 amide bonds. The maximum Gasteiger partial charge on any atom is 0.547 e. The lowest BCUT2D eigenvalue weighted by Crippen LogP contribution is -2.23. The summed E-state index contributed by atoms with van der Waals surface area (Å²) in [6.07, 6.45) is -4.39. The fraction of sp³-hybridized carbons (Fsp3) is 0.429. The zero-order valence-electron chi connectivity index (χ0n) is 22.6. The van der Waals surface area contributed by atoms with Gasteiger partial charge >= 0.3 is 22.2 Å². The van der Waals surface area contributed by atoms with Gasteiger partial charge in [-0.2, -0.15) is 9.88 Å². The molecule has 1 saturated heterocycles. The molecule has 6 heterocycles. The normalized spacial score (nSPS) is 25.2. The summed E-state index contributed by atoms with van der Waals surface area (Å²) in [7, 11) is -7.89. The number of H-pyrrole nitrogens is 1. The summed E-state index contributed by atoms with van der Waals surface area (Å²) in [5.41, 5.74) is 10.9. The van der Waals surface area contributed by atoms with Gasteiger partial charge in [-0.15, -0.1) is 0 Å². The Morgan fingerprint density at radius 3 is 2.62 bits per heavy atom. The summed E-state index contributed by atoms with van der Waals surface area (Å²) in [5, 5.41) is 9.68. The summed E-state index contributed by atoms with van der Waals surface area (Å²) in [4.78, 5) is 54.3. The third-order valence-corrected chi connectivity index (χ3v) is 8.07. The van der Waals surface area contributed by atoms with E-state index in [-0.39, 0.29) is 40.5 Å². The lowest BCUT2D eigenvalue weighted by Gasteiger charge is -2.22. The van der Waals surface area contributed by atoms with Crippen LogP contribution in [-0.2, 0) is 32.4 Å². The van der Waals surface area contributed by atoms with Crippen molar-refractivity contribution in [3.8, 4) is 0 Å². The molecule has 0 aromatic carbocycles. The molecular weight excluding hydrogens is 649 g/mol. The first kappa shape index (κ1) is 30.9. The Kier molecular flexibility index (Phi) is 8.22. The Morgan fingerprint density at radius 1 is 1.16 bits per heavy atom. The van der Waals surface area contributed by atoms with Gasteiger partial charge in [0.1, 0.15) is 30.9 Å². The standard InChI is InChI=1S/C21H23FN10O11P2/c22-11-14(39-7-44(35)36)10(42-20(11)31-5-27-12-15(23)25-4-26-16(12)31)3-40-45(37,38)43-9-1-8(2-33)41-19(9)32-6-28-13-17(32)29-21(24)30-18(13)34/h4-6,8-9,11,19-20,33H,1-3,7H2,(H6-,23,24,25,26,29,30,34,35,36,37,38)/p+1. The largest absolute Gasteiger partial charge is 0.547 e. The van der Waals surface area contributed by atoms with Crippen molar-refractivity contribution in [2.75, 3.05) is 31.0 Å². The molecule has 0 spiro atoms. The average Bonchev–Trinajstić information content (AvgIpc) is 3.75. The van der Waals surface area contributed by atoms with Gasteiger partial charge in [-0.1, -0.05) is 0 Å². The molecule has 7 unspecified atom stereocenters. The predicted molar refractivity (Wildman–Crippen MR) is 146 cm³/mol. The van der Waals surface area contributed by atoms with Crippen LogP contribution in [0.5, 0.6) is 0 Å². The van der Waals surface area contributed by atoms with Gasteiger partial charge < -0.3 is 35.7 Å². The quantitative estimate of drug-likeness (QED) is 0.111. The molecule has 0 radical (unpaired) electrons. The van der Waals surface area contributed by atoms with Gasteiger partial charge in [-0.3, -0.25) is 28.0 Å². The third-order valence-electron chi connectivity index (χ3n) is 6.73. The summed E-state index contributed by atoms with van der Waals surface area (Å²) < 4.78 is 69.5. The highest BCUT2D eigenvalue weighted by Gasteiger charge is 2.45. The van der Waals surface area contributed by atoms with Crippen LogP contribution in [0, 0.1) is 0 Å². The number of nitrogen functional groups attached to an aromatic ring is 2. The second-order valence-electron chi connectivity index (χ2n) is 9.63. The van der Waals surface area contributed by atoms with Crippen molar-refractivity contribution in [1.29, 1.82) is 0 Å². The molecule has 0 bridgehead atoms. The van der Waals surface area contributed by atoms with E-state index in [0.717, 1.165) is 6.33 Å². The maximum absolute atomic E-state index is 15.7. The number of hydrogen-bond acceptors (Lipinski definition) is 16. The number of imidazole rings is 2. The smallest absolute Gasteiger partial charge is 0.465 e. The summed E-state index contributed by atoms with van der Waals surface area (Å²) in [5.74, 6) is -1.22. The number of anilines is 2. The minimum Gasteiger partial charge on any atom is -0.465 e. The van der Waals surface area contributed by atoms with Crippen LogP contribution < -0.4 is 17.0 Å². The number of aromatic nitrogens is 8. The van der Waals surface area contributed by atoms with Gasteiger partial charge in [-0.25, -0.2) is 28.9 Å². The number of alkyl halides is 1. The zero-order valence-corrected chi connectivity index (χ0v) is 24.4. The molecule has 7 atom stereocenters. The predicted octanol–water partition coefficient (Wildman–Crippen LogP) is -0.307. The van der Waals surface area contributed by atoms with Crippen LogP contribution in [-0.4, -0.2) is 91.9 Å². The molecular formula is C21H24FN10O11P2+. The molecule has 1 fully saturated rings. The summed E-state index contributed by atoms with van der Waals surface area (Å²) in [6, 6.07) is 0. The van der Waals surface area contributed by atoms with Gasteiger partial charge in [-0.05, 0) is 4.57 Å². The fourth-order valence-electron chi connectivity index (χ4n) is 4.84. The van der Waals surface area contributed by atoms with E-state index in [9.17, 15) is 28.8 Å². The van der Waals surface area contributed by atoms with E-state index in [1.54, 1.807) is 0 Å². The lowest BCUT2D eigenvalue weighted by molar-refractivity contribution is -0.0496. The van der Waals surface area contributed by atoms with Crippen molar-refractivity contribution in [3.63, 3.8) is 0 Å². The first-order valence-corrected chi connectivity index (χ1v) is 15.7. The molecule has 0 aliphatic carbocycles. The molecule has 2 aliphatic heterocycles. The summed E-state index contributed by atoms with van der Waals surface area (Å²) in [6.45, 7) is -1.38. The van der Waals surface area contributed by atoms with Crippen LogP contribution in [0.1, 0.15) is 18.9 Å². The highest BCUT2D eigenvalue weighted by atomic mass is 31.2. The average molecular weight is 673 g/mol. The van der Waals surface area contributed by atoms with Crippen LogP contribution in [0.25, 0.3) is 22.3 Å². The van der Waals surface area contributed by atoms with Crippen molar-refractivity contribution in [2.24, 2.45) is 0 Å². The molecule has 8 N–H and O–H groups in total. The van der Waals surface area contributed by atoms with E-state index < -0.39 is 83.3 Å². The molecule has 4 aromatic rings. The number of halogens is 1. The van der Waals surface area contributed by atoms with E-state index in [1.807, 2.05) is 0 Å². The fourth-order valence-corrected chi connectivity index (χ4v) is 5.96. The number of nitrogens with one attached hydrogen (secondary N) is 1. The van der Waals surface area contributed by atoms with Crippen LogP contribution >= 0.6 is 15.9 Å². The van der Waals surface area contributed by atoms with Crippen LogP contribution in [0.3, 0.4) is 0 Å². The highest BCUT2D eigenvalue weighted by molar-refractivity contribution is 7.47. The highest BCUT2D eigenvalue weighted by Crippen LogP contribution is 2.50. The number of rotatable bonds is 11. The number of aromatic amines is 1. The van der Waals surface area contributed by atoms with E-state index in [1.165, 1.54) is 21.8 Å². The second-order valence-corrected chi connectivity index (χ2v) is 12.0.